The van der Waals surface area contributed by atoms with Crippen LogP contribution in [0.25, 0.3) is 0 Å². The molecule has 0 spiro atoms. The van der Waals surface area contributed by atoms with Crippen LogP contribution in [0.3, 0.4) is 0 Å². The van der Waals surface area contributed by atoms with Gasteiger partial charge in [0.1, 0.15) is 5.82 Å². The van der Waals surface area contributed by atoms with Gasteiger partial charge in [-0.1, -0.05) is 43.6 Å². The summed E-state index contributed by atoms with van der Waals surface area (Å²) in [6.07, 6.45) is 0.973. The first-order valence-electron chi connectivity index (χ1n) is 5.88. The molecule has 0 saturated carbocycles. The van der Waals surface area contributed by atoms with Gasteiger partial charge in [-0.3, -0.25) is 0 Å². The Kier molecular flexibility index (Phi) is 4.90. The van der Waals surface area contributed by atoms with Crippen LogP contribution in [0.15, 0.2) is 6.07 Å². The van der Waals surface area contributed by atoms with E-state index in [0.717, 1.165) is 23.6 Å². The molecule has 0 aliphatic rings. The molecule has 1 unspecified atom stereocenters. The topological polar surface area (TPSA) is 25.8 Å². The lowest BCUT2D eigenvalue weighted by Gasteiger charge is -2.14. The molecular formula is C13H21BrN2. The van der Waals surface area contributed by atoms with Crippen LogP contribution in [-0.2, 0) is 6.42 Å². The van der Waals surface area contributed by atoms with E-state index >= 15 is 0 Å². The van der Waals surface area contributed by atoms with Crippen molar-refractivity contribution in [2.45, 2.75) is 51.8 Å². The summed E-state index contributed by atoms with van der Waals surface area (Å²) in [5.41, 5.74) is 2.21. The SMILES string of the molecule is Cc1cc(CC(Br)C(C)C)nc(C(C)C)n1. The molecule has 0 fully saturated rings. The van der Waals surface area contributed by atoms with Gasteiger partial charge in [0, 0.05) is 28.6 Å². The van der Waals surface area contributed by atoms with Gasteiger partial charge in [0.25, 0.3) is 0 Å². The first-order valence-corrected chi connectivity index (χ1v) is 6.80. The van der Waals surface area contributed by atoms with Crippen LogP contribution in [-0.4, -0.2) is 14.8 Å². The van der Waals surface area contributed by atoms with E-state index in [-0.39, 0.29) is 0 Å². The summed E-state index contributed by atoms with van der Waals surface area (Å²) in [4.78, 5) is 9.56. The molecule has 0 amide bonds. The molecule has 1 rings (SSSR count). The van der Waals surface area contributed by atoms with Gasteiger partial charge in [-0.2, -0.15) is 0 Å². The van der Waals surface area contributed by atoms with Gasteiger partial charge in [-0.05, 0) is 18.9 Å². The van der Waals surface area contributed by atoms with Gasteiger partial charge in [-0.25, -0.2) is 9.97 Å². The maximum atomic E-state index is 4.61. The highest BCUT2D eigenvalue weighted by atomic mass is 79.9. The quantitative estimate of drug-likeness (QED) is 0.785. The number of halogens is 1. The maximum Gasteiger partial charge on any atom is 0.131 e. The smallest absolute Gasteiger partial charge is 0.131 e. The van der Waals surface area contributed by atoms with Gasteiger partial charge in [0.05, 0.1) is 0 Å². The zero-order valence-electron chi connectivity index (χ0n) is 10.8. The Morgan fingerprint density at radius 3 is 2.31 bits per heavy atom. The van der Waals surface area contributed by atoms with Crippen molar-refractivity contribution >= 4 is 15.9 Å². The van der Waals surface area contributed by atoms with Crippen molar-refractivity contribution in [2.75, 3.05) is 0 Å². The maximum absolute atomic E-state index is 4.61. The van der Waals surface area contributed by atoms with E-state index in [1.807, 2.05) is 6.92 Å². The molecule has 3 heteroatoms. The number of hydrogen-bond acceptors (Lipinski definition) is 2. The largest absolute Gasteiger partial charge is 0.238 e. The Balaban J connectivity index is 2.88. The van der Waals surface area contributed by atoms with Crippen LogP contribution in [0.1, 0.15) is 50.8 Å². The van der Waals surface area contributed by atoms with E-state index in [2.05, 4.69) is 59.7 Å². The average molecular weight is 285 g/mol. The van der Waals surface area contributed by atoms with Crippen LogP contribution in [0, 0.1) is 12.8 Å². The van der Waals surface area contributed by atoms with E-state index in [0.29, 0.717) is 16.7 Å². The van der Waals surface area contributed by atoms with Crippen molar-refractivity contribution in [1.29, 1.82) is 0 Å². The fourth-order valence-electron chi connectivity index (χ4n) is 1.46. The third kappa shape index (κ3) is 3.85. The Morgan fingerprint density at radius 2 is 1.81 bits per heavy atom. The molecule has 0 aromatic carbocycles. The second-order valence-corrected chi connectivity index (χ2v) is 6.15. The molecule has 0 N–H and O–H groups in total. The van der Waals surface area contributed by atoms with Crippen LogP contribution < -0.4 is 0 Å². The van der Waals surface area contributed by atoms with Crippen LogP contribution >= 0.6 is 15.9 Å². The summed E-state index contributed by atoms with van der Waals surface area (Å²) in [6, 6.07) is 2.09. The van der Waals surface area contributed by atoms with Crippen LogP contribution in [0.4, 0.5) is 0 Å². The molecule has 1 heterocycles. The molecule has 0 radical (unpaired) electrons. The predicted molar refractivity (Wildman–Crippen MR) is 72.1 cm³/mol. The zero-order valence-corrected chi connectivity index (χ0v) is 12.4. The van der Waals surface area contributed by atoms with Crippen LogP contribution in [0.2, 0.25) is 0 Å². The van der Waals surface area contributed by atoms with Gasteiger partial charge >= 0.3 is 0 Å². The number of alkyl halides is 1. The van der Waals surface area contributed by atoms with Crippen molar-refractivity contribution in [3.8, 4) is 0 Å². The summed E-state index contributed by atoms with van der Waals surface area (Å²) in [5, 5.41) is 0. The number of hydrogen-bond donors (Lipinski definition) is 0. The molecule has 0 bridgehead atoms. The highest BCUT2D eigenvalue weighted by molar-refractivity contribution is 9.09. The molecule has 1 atom stereocenters. The highest BCUT2D eigenvalue weighted by Gasteiger charge is 2.13. The molecule has 1 aromatic heterocycles. The number of aryl methyl sites for hydroxylation is 1. The second kappa shape index (κ2) is 5.76. The third-order valence-electron chi connectivity index (χ3n) is 2.57. The Bertz CT molecular complexity index is 348. The minimum Gasteiger partial charge on any atom is -0.238 e. The summed E-state index contributed by atoms with van der Waals surface area (Å²) in [7, 11) is 0. The van der Waals surface area contributed by atoms with Crippen molar-refractivity contribution in [1.82, 2.24) is 9.97 Å². The first-order chi connectivity index (χ1) is 7.40. The molecule has 0 aliphatic heterocycles. The van der Waals surface area contributed by atoms with Gasteiger partial charge < -0.3 is 0 Å². The van der Waals surface area contributed by atoms with Crippen molar-refractivity contribution in [2.24, 2.45) is 5.92 Å². The normalized spacial score (nSPS) is 13.5. The standard InChI is InChI=1S/C13H21BrN2/c1-8(2)12(14)7-11-6-10(5)15-13(16-11)9(3)4/h6,8-9,12H,7H2,1-5H3. The molecule has 1 aromatic rings. The lowest BCUT2D eigenvalue weighted by Crippen LogP contribution is -2.13. The van der Waals surface area contributed by atoms with Gasteiger partial charge in [-0.15, -0.1) is 0 Å². The molecule has 2 nitrogen and oxygen atoms in total. The van der Waals surface area contributed by atoms with E-state index in [9.17, 15) is 0 Å². The Hall–Kier alpha value is -0.440. The van der Waals surface area contributed by atoms with Crippen molar-refractivity contribution < 1.29 is 0 Å². The molecule has 16 heavy (non-hydrogen) atoms. The molecule has 0 saturated heterocycles. The van der Waals surface area contributed by atoms with E-state index in [1.165, 1.54) is 0 Å². The minimum atomic E-state index is 0.395. The highest BCUT2D eigenvalue weighted by Crippen LogP contribution is 2.18. The van der Waals surface area contributed by atoms with E-state index < -0.39 is 0 Å². The van der Waals surface area contributed by atoms with E-state index in [1.54, 1.807) is 0 Å². The number of rotatable bonds is 4. The van der Waals surface area contributed by atoms with Gasteiger partial charge in [0.15, 0.2) is 0 Å². The first kappa shape index (κ1) is 13.6. The fraction of sp³-hybridized carbons (Fsp3) is 0.692. The summed E-state index contributed by atoms with van der Waals surface area (Å²) in [5.74, 6) is 1.97. The monoisotopic (exact) mass is 284 g/mol. The Morgan fingerprint density at radius 1 is 1.19 bits per heavy atom. The fourth-order valence-corrected chi connectivity index (χ4v) is 1.79. The minimum absolute atomic E-state index is 0.395. The molecule has 90 valence electrons. The molecular weight excluding hydrogens is 264 g/mol. The van der Waals surface area contributed by atoms with E-state index in [4.69, 9.17) is 0 Å². The summed E-state index contributed by atoms with van der Waals surface area (Å²) < 4.78 is 0. The molecule has 0 aliphatic carbocycles. The predicted octanol–water partition coefficient (Wildman–Crippen LogP) is 3.87. The number of aromatic nitrogens is 2. The Labute approximate surface area is 107 Å². The lowest BCUT2D eigenvalue weighted by atomic mass is 10.1. The number of nitrogens with zero attached hydrogens (tertiary/aromatic N) is 2. The van der Waals surface area contributed by atoms with Crippen LogP contribution in [0.5, 0.6) is 0 Å². The summed E-state index contributed by atoms with van der Waals surface area (Å²) >= 11 is 3.70. The summed E-state index contributed by atoms with van der Waals surface area (Å²) in [6.45, 7) is 10.7. The van der Waals surface area contributed by atoms with Crippen molar-refractivity contribution in [3.63, 3.8) is 0 Å². The zero-order chi connectivity index (χ0) is 12.3. The second-order valence-electron chi connectivity index (χ2n) is 4.98. The van der Waals surface area contributed by atoms with Crippen molar-refractivity contribution in [3.05, 3.63) is 23.3 Å². The average Bonchev–Trinajstić information content (AvgIpc) is 2.16. The van der Waals surface area contributed by atoms with Gasteiger partial charge in [0.2, 0.25) is 0 Å². The lowest BCUT2D eigenvalue weighted by molar-refractivity contribution is 0.603. The third-order valence-corrected chi connectivity index (χ3v) is 3.95.